The minimum Gasteiger partial charge on any atom is -0.393 e. The summed E-state index contributed by atoms with van der Waals surface area (Å²) >= 11 is 1.64. The van der Waals surface area contributed by atoms with Gasteiger partial charge in [-0.2, -0.15) is 0 Å². The summed E-state index contributed by atoms with van der Waals surface area (Å²) in [6.07, 6.45) is 4.47. The van der Waals surface area contributed by atoms with Crippen molar-refractivity contribution in [2.24, 2.45) is 5.92 Å². The van der Waals surface area contributed by atoms with Crippen molar-refractivity contribution in [3.8, 4) is 0 Å². The second-order valence-corrected chi connectivity index (χ2v) is 5.40. The lowest BCUT2D eigenvalue weighted by Gasteiger charge is -2.37. The molecule has 1 saturated heterocycles. The van der Waals surface area contributed by atoms with Gasteiger partial charge in [-0.15, -0.1) is 11.8 Å². The third-order valence-electron chi connectivity index (χ3n) is 3.37. The maximum atomic E-state index is 9.92. The van der Waals surface area contributed by atoms with Crippen LogP contribution < -0.4 is 4.90 Å². The lowest BCUT2D eigenvalue weighted by molar-refractivity contribution is 0.0359. The van der Waals surface area contributed by atoms with Gasteiger partial charge in [-0.3, -0.25) is 0 Å². The quantitative estimate of drug-likeness (QED) is 0.841. The molecular weight excluding hydrogens is 248 g/mol. The Balaban J connectivity index is 2.03. The number of anilines is 1. The van der Waals surface area contributed by atoms with Crippen molar-refractivity contribution in [2.75, 3.05) is 38.0 Å². The van der Waals surface area contributed by atoms with Crippen molar-refractivity contribution >= 4 is 17.4 Å². The predicted molar refractivity (Wildman–Crippen MR) is 74.2 cm³/mol. The Bertz CT molecular complexity index is 372. The van der Waals surface area contributed by atoms with E-state index in [0.717, 1.165) is 30.2 Å². The molecule has 1 aliphatic heterocycles. The summed E-state index contributed by atoms with van der Waals surface area (Å²) in [6, 6.07) is 4.14. The first-order valence-corrected chi connectivity index (χ1v) is 7.39. The lowest BCUT2D eigenvalue weighted by atomic mass is 9.95. The van der Waals surface area contributed by atoms with Crippen molar-refractivity contribution in [2.45, 2.75) is 17.6 Å². The number of hydrogen-bond donors (Lipinski definition) is 1. The van der Waals surface area contributed by atoms with Crippen LogP contribution in [0.5, 0.6) is 0 Å². The standard InChI is InChI=1S/C13H20N2O2S/c1-17-9-10-8-15(6-5-12(10)16)11-3-4-13(18-2)14-7-11/h3-4,7,10,12,16H,5-6,8-9H2,1-2H3/t10-,12+/m0/s1. The molecule has 0 amide bonds. The van der Waals surface area contributed by atoms with Crippen LogP contribution in [0.3, 0.4) is 0 Å². The highest BCUT2D eigenvalue weighted by Crippen LogP contribution is 2.24. The average molecular weight is 268 g/mol. The van der Waals surface area contributed by atoms with Crippen LogP contribution in [-0.4, -0.2) is 49.3 Å². The first-order chi connectivity index (χ1) is 8.74. The van der Waals surface area contributed by atoms with Crippen LogP contribution >= 0.6 is 11.8 Å². The molecule has 0 aromatic carbocycles. The fraction of sp³-hybridized carbons (Fsp3) is 0.615. The van der Waals surface area contributed by atoms with Gasteiger partial charge in [-0.05, 0) is 24.8 Å². The molecule has 2 atom stereocenters. The van der Waals surface area contributed by atoms with Crippen LogP contribution in [-0.2, 0) is 4.74 Å². The number of ether oxygens (including phenoxy) is 1. The molecule has 0 unspecified atom stereocenters. The number of aliphatic hydroxyl groups is 1. The second-order valence-electron chi connectivity index (χ2n) is 4.58. The van der Waals surface area contributed by atoms with Gasteiger partial charge in [0.25, 0.3) is 0 Å². The largest absolute Gasteiger partial charge is 0.393 e. The minimum atomic E-state index is -0.250. The molecule has 1 aromatic rings. The second kappa shape index (κ2) is 6.41. The Morgan fingerprint density at radius 3 is 3.00 bits per heavy atom. The van der Waals surface area contributed by atoms with Gasteiger partial charge in [-0.1, -0.05) is 0 Å². The molecule has 1 N–H and O–H groups in total. The zero-order valence-electron chi connectivity index (χ0n) is 10.9. The monoisotopic (exact) mass is 268 g/mol. The first kappa shape index (κ1) is 13.6. The summed E-state index contributed by atoms with van der Waals surface area (Å²) in [5, 5.41) is 11.0. The van der Waals surface area contributed by atoms with Gasteiger partial charge in [0.15, 0.2) is 0 Å². The molecular formula is C13H20N2O2S. The van der Waals surface area contributed by atoms with E-state index in [1.54, 1.807) is 18.9 Å². The Hall–Kier alpha value is -0.780. The van der Waals surface area contributed by atoms with Gasteiger partial charge in [0, 0.05) is 26.1 Å². The zero-order valence-corrected chi connectivity index (χ0v) is 11.7. The summed E-state index contributed by atoms with van der Waals surface area (Å²) in [6.45, 7) is 2.31. The Morgan fingerprint density at radius 1 is 1.56 bits per heavy atom. The summed E-state index contributed by atoms with van der Waals surface area (Å²) in [5.74, 6) is 0.184. The SMILES string of the molecule is COC[C@@H]1CN(c2ccc(SC)nc2)CC[C@H]1O. The third kappa shape index (κ3) is 3.16. The summed E-state index contributed by atoms with van der Waals surface area (Å²) < 4.78 is 5.17. The fourth-order valence-electron chi connectivity index (χ4n) is 2.31. The number of hydrogen-bond acceptors (Lipinski definition) is 5. The average Bonchev–Trinajstić information content (AvgIpc) is 2.42. The van der Waals surface area contributed by atoms with E-state index in [9.17, 15) is 5.11 Å². The molecule has 1 aliphatic rings. The van der Waals surface area contributed by atoms with Gasteiger partial charge in [0.1, 0.15) is 0 Å². The molecule has 0 bridgehead atoms. The molecule has 18 heavy (non-hydrogen) atoms. The summed E-state index contributed by atoms with van der Waals surface area (Å²) in [4.78, 5) is 6.66. The van der Waals surface area contributed by atoms with Gasteiger partial charge >= 0.3 is 0 Å². The number of aliphatic hydroxyl groups excluding tert-OH is 1. The van der Waals surface area contributed by atoms with Crippen LogP contribution in [0.4, 0.5) is 5.69 Å². The number of aromatic nitrogens is 1. The number of pyridine rings is 1. The molecule has 0 aliphatic carbocycles. The molecule has 0 spiro atoms. The molecule has 1 fully saturated rings. The number of thioether (sulfide) groups is 1. The van der Waals surface area contributed by atoms with E-state index in [1.807, 2.05) is 18.5 Å². The number of methoxy groups -OCH3 is 1. The van der Waals surface area contributed by atoms with E-state index in [-0.39, 0.29) is 12.0 Å². The van der Waals surface area contributed by atoms with E-state index < -0.39 is 0 Å². The van der Waals surface area contributed by atoms with Crippen LogP contribution in [0.25, 0.3) is 0 Å². The van der Waals surface area contributed by atoms with Crippen LogP contribution in [0.1, 0.15) is 6.42 Å². The number of rotatable bonds is 4. The van der Waals surface area contributed by atoms with Crippen molar-refractivity contribution in [1.82, 2.24) is 4.98 Å². The molecule has 0 radical (unpaired) electrons. The number of piperidine rings is 1. The topological polar surface area (TPSA) is 45.6 Å². The smallest absolute Gasteiger partial charge is 0.0958 e. The predicted octanol–water partition coefficient (Wildman–Crippen LogP) is 1.64. The minimum absolute atomic E-state index is 0.184. The Kier molecular flexibility index (Phi) is 4.86. The normalized spacial score (nSPS) is 24.3. The Morgan fingerprint density at radius 2 is 2.39 bits per heavy atom. The summed E-state index contributed by atoms with van der Waals surface area (Å²) in [7, 11) is 1.68. The Labute approximate surface area is 112 Å². The maximum Gasteiger partial charge on any atom is 0.0958 e. The molecule has 100 valence electrons. The summed E-state index contributed by atoms with van der Waals surface area (Å²) in [5.41, 5.74) is 1.13. The van der Waals surface area contributed by atoms with Crippen molar-refractivity contribution < 1.29 is 9.84 Å². The molecule has 1 aromatic heterocycles. The van der Waals surface area contributed by atoms with Crippen molar-refractivity contribution in [1.29, 1.82) is 0 Å². The lowest BCUT2D eigenvalue weighted by Crippen LogP contribution is -2.45. The van der Waals surface area contributed by atoms with Crippen LogP contribution in [0, 0.1) is 5.92 Å². The van der Waals surface area contributed by atoms with Crippen molar-refractivity contribution in [3.63, 3.8) is 0 Å². The fourth-order valence-corrected chi connectivity index (χ4v) is 2.67. The number of nitrogens with zero attached hydrogens (tertiary/aromatic N) is 2. The molecule has 5 heteroatoms. The maximum absolute atomic E-state index is 9.92. The third-order valence-corrected chi connectivity index (χ3v) is 4.03. The van der Waals surface area contributed by atoms with Gasteiger partial charge < -0.3 is 14.7 Å². The molecule has 2 heterocycles. The van der Waals surface area contributed by atoms with E-state index in [2.05, 4.69) is 16.0 Å². The van der Waals surface area contributed by atoms with Gasteiger partial charge in [0.2, 0.25) is 0 Å². The highest BCUT2D eigenvalue weighted by molar-refractivity contribution is 7.98. The zero-order chi connectivity index (χ0) is 13.0. The molecule has 2 rings (SSSR count). The van der Waals surface area contributed by atoms with E-state index >= 15 is 0 Å². The van der Waals surface area contributed by atoms with E-state index in [0.29, 0.717) is 6.61 Å². The van der Waals surface area contributed by atoms with E-state index in [1.165, 1.54) is 0 Å². The highest BCUT2D eigenvalue weighted by Gasteiger charge is 2.27. The van der Waals surface area contributed by atoms with Crippen molar-refractivity contribution in [3.05, 3.63) is 18.3 Å². The highest BCUT2D eigenvalue weighted by atomic mass is 32.2. The first-order valence-electron chi connectivity index (χ1n) is 6.16. The van der Waals surface area contributed by atoms with Crippen LogP contribution in [0.2, 0.25) is 0 Å². The van der Waals surface area contributed by atoms with Crippen LogP contribution in [0.15, 0.2) is 23.4 Å². The molecule has 4 nitrogen and oxygen atoms in total. The molecule has 0 saturated carbocycles. The van der Waals surface area contributed by atoms with Gasteiger partial charge in [-0.25, -0.2) is 4.98 Å². The van der Waals surface area contributed by atoms with Gasteiger partial charge in [0.05, 0.1) is 29.6 Å². The van der Waals surface area contributed by atoms with E-state index in [4.69, 9.17) is 4.74 Å².